The van der Waals surface area contributed by atoms with Crippen molar-refractivity contribution < 1.29 is 18.3 Å². The van der Waals surface area contributed by atoms with Crippen molar-refractivity contribution in [3.63, 3.8) is 0 Å². The summed E-state index contributed by atoms with van der Waals surface area (Å²) in [6, 6.07) is 11.1. The highest BCUT2D eigenvalue weighted by Crippen LogP contribution is 2.30. The predicted molar refractivity (Wildman–Crippen MR) is 83.9 cm³/mol. The zero-order valence-electron chi connectivity index (χ0n) is 11.2. The molecular weight excluding hydrogens is 358 g/mol. The molecule has 2 aromatic carbocycles. The second-order valence-corrected chi connectivity index (χ2v) is 6.85. The molecule has 112 valence electrons. The van der Waals surface area contributed by atoms with Crippen LogP contribution < -0.4 is 9.46 Å². The molecule has 0 aliphatic carbocycles. The van der Waals surface area contributed by atoms with E-state index in [0.29, 0.717) is 17.0 Å². The lowest BCUT2D eigenvalue weighted by atomic mass is 10.2. The Morgan fingerprint density at radius 2 is 1.86 bits per heavy atom. The third-order valence-corrected chi connectivity index (χ3v) is 4.70. The topological polar surface area (TPSA) is 75.6 Å². The SMILES string of the molecule is COc1ccc(Br)cc1NS(=O)(=O)c1ccc(CO)cc1. The fraction of sp³-hybridized carbons (Fsp3) is 0.143. The van der Waals surface area contributed by atoms with E-state index in [0.717, 1.165) is 4.47 Å². The van der Waals surface area contributed by atoms with Crippen molar-refractivity contribution in [2.24, 2.45) is 0 Å². The fourth-order valence-electron chi connectivity index (χ4n) is 1.74. The molecule has 0 radical (unpaired) electrons. The first-order valence-electron chi connectivity index (χ1n) is 6.02. The van der Waals surface area contributed by atoms with Gasteiger partial charge in [0.25, 0.3) is 10.0 Å². The van der Waals surface area contributed by atoms with Gasteiger partial charge in [-0.3, -0.25) is 4.72 Å². The third-order valence-electron chi connectivity index (χ3n) is 2.82. The van der Waals surface area contributed by atoms with Gasteiger partial charge in [0.15, 0.2) is 0 Å². The van der Waals surface area contributed by atoms with Crippen molar-refractivity contribution in [1.29, 1.82) is 0 Å². The molecule has 0 heterocycles. The van der Waals surface area contributed by atoms with Gasteiger partial charge in [-0.25, -0.2) is 8.42 Å². The predicted octanol–water partition coefficient (Wildman–Crippen LogP) is 2.75. The molecule has 5 nitrogen and oxygen atoms in total. The van der Waals surface area contributed by atoms with Crippen LogP contribution in [0.5, 0.6) is 5.75 Å². The molecule has 0 aliphatic rings. The summed E-state index contributed by atoms with van der Waals surface area (Å²) < 4.78 is 33.0. The van der Waals surface area contributed by atoms with E-state index in [-0.39, 0.29) is 11.5 Å². The van der Waals surface area contributed by atoms with E-state index in [1.807, 2.05) is 0 Å². The number of aliphatic hydroxyl groups excluding tert-OH is 1. The quantitative estimate of drug-likeness (QED) is 0.846. The van der Waals surface area contributed by atoms with Gasteiger partial charge in [-0.1, -0.05) is 28.1 Å². The summed E-state index contributed by atoms with van der Waals surface area (Å²) in [4.78, 5) is 0.113. The molecule has 0 fully saturated rings. The molecule has 2 rings (SSSR count). The maximum absolute atomic E-state index is 12.3. The third kappa shape index (κ3) is 3.75. The van der Waals surface area contributed by atoms with Crippen LogP contribution in [0.4, 0.5) is 5.69 Å². The Kier molecular flexibility index (Phi) is 4.87. The Balaban J connectivity index is 2.34. The second kappa shape index (κ2) is 6.46. The first-order valence-corrected chi connectivity index (χ1v) is 8.30. The maximum atomic E-state index is 12.3. The number of halogens is 1. The van der Waals surface area contributed by atoms with Crippen molar-refractivity contribution in [2.45, 2.75) is 11.5 Å². The molecule has 0 aliphatic heterocycles. The Morgan fingerprint density at radius 1 is 1.19 bits per heavy atom. The fourth-order valence-corrected chi connectivity index (χ4v) is 3.16. The van der Waals surface area contributed by atoms with E-state index in [1.165, 1.54) is 19.2 Å². The molecule has 0 amide bonds. The minimum atomic E-state index is -3.72. The zero-order valence-corrected chi connectivity index (χ0v) is 13.6. The number of sulfonamides is 1. The lowest BCUT2D eigenvalue weighted by Crippen LogP contribution is -2.13. The molecule has 21 heavy (non-hydrogen) atoms. The highest BCUT2D eigenvalue weighted by atomic mass is 79.9. The van der Waals surface area contributed by atoms with E-state index >= 15 is 0 Å². The van der Waals surface area contributed by atoms with Crippen LogP contribution in [0.15, 0.2) is 51.8 Å². The van der Waals surface area contributed by atoms with Crippen molar-refractivity contribution in [3.8, 4) is 5.75 Å². The molecule has 0 spiro atoms. The minimum absolute atomic E-state index is 0.113. The van der Waals surface area contributed by atoms with Crippen molar-refractivity contribution in [1.82, 2.24) is 0 Å². The van der Waals surface area contributed by atoms with Crippen LogP contribution in [-0.2, 0) is 16.6 Å². The number of anilines is 1. The van der Waals surface area contributed by atoms with Crippen LogP contribution in [0.3, 0.4) is 0 Å². The number of methoxy groups -OCH3 is 1. The van der Waals surface area contributed by atoms with E-state index in [1.54, 1.807) is 30.3 Å². The maximum Gasteiger partial charge on any atom is 0.262 e. The Bertz CT molecular complexity index is 729. The van der Waals surface area contributed by atoms with Gasteiger partial charge in [0.05, 0.1) is 24.3 Å². The molecule has 0 atom stereocenters. The van der Waals surface area contributed by atoms with Crippen LogP contribution >= 0.6 is 15.9 Å². The van der Waals surface area contributed by atoms with E-state index in [4.69, 9.17) is 9.84 Å². The summed E-state index contributed by atoms with van der Waals surface area (Å²) in [7, 11) is -2.25. The van der Waals surface area contributed by atoms with E-state index in [2.05, 4.69) is 20.7 Å². The summed E-state index contributed by atoms with van der Waals surface area (Å²) >= 11 is 3.29. The van der Waals surface area contributed by atoms with Crippen LogP contribution in [-0.4, -0.2) is 20.6 Å². The summed E-state index contributed by atoms with van der Waals surface area (Å²) in [5, 5.41) is 8.98. The van der Waals surface area contributed by atoms with Gasteiger partial charge in [-0.2, -0.15) is 0 Å². The van der Waals surface area contributed by atoms with Crippen molar-refractivity contribution in [3.05, 3.63) is 52.5 Å². The normalized spacial score (nSPS) is 11.2. The molecular formula is C14H14BrNO4S. The minimum Gasteiger partial charge on any atom is -0.495 e. The van der Waals surface area contributed by atoms with Gasteiger partial charge in [0.2, 0.25) is 0 Å². The highest BCUT2D eigenvalue weighted by molar-refractivity contribution is 9.10. The highest BCUT2D eigenvalue weighted by Gasteiger charge is 2.16. The molecule has 0 unspecified atom stereocenters. The molecule has 0 aromatic heterocycles. The van der Waals surface area contributed by atoms with Gasteiger partial charge in [-0.05, 0) is 35.9 Å². The standard InChI is InChI=1S/C14H14BrNO4S/c1-20-14-7-4-11(15)8-13(14)16-21(18,19)12-5-2-10(9-17)3-6-12/h2-8,16-17H,9H2,1H3. The second-order valence-electron chi connectivity index (χ2n) is 4.25. The number of rotatable bonds is 5. The molecule has 7 heteroatoms. The number of nitrogens with one attached hydrogen (secondary N) is 1. The van der Waals surface area contributed by atoms with Crippen LogP contribution in [0.25, 0.3) is 0 Å². The Morgan fingerprint density at radius 3 is 2.43 bits per heavy atom. The summed E-state index contributed by atoms with van der Waals surface area (Å²) in [5.74, 6) is 0.425. The number of ether oxygens (including phenoxy) is 1. The summed E-state index contributed by atoms with van der Waals surface area (Å²) in [6.45, 7) is -0.132. The first-order chi connectivity index (χ1) is 9.96. The van der Waals surface area contributed by atoms with Gasteiger partial charge in [0.1, 0.15) is 5.75 Å². The largest absolute Gasteiger partial charge is 0.495 e. The Hall–Kier alpha value is -1.57. The van der Waals surface area contributed by atoms with Crippen LogP contribution in [0, 0.1) is 0 Å². The van der Waals surface area contributed by atoms with E-state index in [9.17, 15) is 8.42 Å². The van der Waals surface area contributed by atoms with Gasteiger partial charge in [0, 0.05) is 4.47 Å². The van der Waals surface area contributed by atoms with E-state index < -0.39 is 10.0 Å². The lowest BCUT2D eigenvalue weighted by Gasteiger charge is -2.12. The molecule has 0 bridgehead atoms. The van der Waals surface area contributed by atoms with Crippen LogP contribution in [0.2, 0.25) is 0 Å². The smallest absolute Gasteiger partial charge is 0.262 e. The number of aliphatic hydroxyl groups is 1. The van der Waals surface area contributed by atoms with Crippen molar-refractivity contribution >= 4 is 31.6 Å². The Labute approximate surface area is 131 Å². The molecule has 2 N–H and O–H groups in total. The number of benzene rings is 2. The summed E-state index contributed by atoms with van der Waals surface area (Å²) in [5.41, 5.74) is 0.993. The first kappa shape index (κ1) is 15.8. The number of hydrogen-bond donors (Lipinski definition) is 2. The van der Waals surface area contributed by atoms with Gasteiger partial charge < -0.3 is 9.84 Å². The molecule has 0 saturated heterocycles. The van der Waals surface area contributed by atoms with Crippen molar-refractivity contribution in [2.75, 3.05) is 11.8 Å². The lowest BCUT2D eigenvalue weighted by molar-refractivity contribution is 0.282. The zero-order chi connectivity index (χ0) is 15.5. The van der Waals surface area contributed by atoms with Gasteiger partial charge in [-0.15, -0.1) is 0 Å². The number of hydrogen-bond acceptors (Lipinski definition) is 4. The average Bonchev–Trinajstić information content (AvgIpc) is 2.47. The molecule has 2 aromatic rings. The van der Waals surface area contributed by atoms with Crippen LogP contribution in [0.1, 0.15) is 5.56 Å². The molecule has 0 saturated carbocycles. The monoisotopic (exact) mass is 371 g/mol. The average molecular weight is 372 g/mol. The van der Waals surface area contributed by atoms with Gasteiger partial charge >= 0.3 is 0 Å². The summed E-state index contributed by atoms with van der Waals surface area (Å²) in [6.07, 6.45) is 0.